The highest BCUT2D eigenvalue weighted by atomic mass is 16.6. The minimum atomic E-state index is -1.06. The third-order valence-electron chi connectivity index (χ3n) is 11.1. The number of rotatable bonds is 17. The SMILES string of the molecule is CC(/C=C/COC(=O)C(C)(C)C(C)C(OC(=O)CCCN(C)C)C(C)(C)C(C)(C)C(=O)OC/C=C/C(C)(C)C(C)(C)C)C(C)(C)C. The lowest BCUT2D eigenvalue weighted by Gasteiger charge is -2.49. The number of ether oxygens (including phenoxy) is 3. The van der Waals surface area contributed by atoms with Gasteiger partial charge in [0.1, 0.15) is 19.3 Å². The van der Waals surface area contributed by atoms with E-state index in [0.717, 1.165) is 6.54 Å². The van der Waals surface area contributed by atoms with Crippen molar-refractivity contribution < 1.29 is 28.6 Å². The summed E-state index contributed by atoms with van der Waals surface area (Å²) in [5, 5.41) is 0. The molecule has 0 N–H and O–H groups in total. The summed E-state index contributed by atoms with van der Waals surface area (Å²) in [6.45, 7) is 33.6. The lowest BCUT2D eigenvalue weighted by Crippen LogP contribution is -2.55. The molecule has 0 saturated heterocycles. The molecule has 0 bridgehead atoms. The molecule has 7 heteroatoms. The Morgan fingerprint density at radius 3 is 1.72 bits per heavy atom. The molecule has 0 aromatic carbocycles. The van der Waals surface area contributed by atoms with Gasteiger partial charge < -0.3 is 19.1 Å². The monoisotopic (exact) mass is 650 g/mol. The standard InChI is InChI=1S/C39H71NO6/c1-28(34(3,4)5)22-20-26-44-32(42)37(11,12)29(2)31(46-30(41)23-19-25-40(17)18)38(13,14)39(15,16)33(43)45-27-21-24-36(9,10)35(6,7)8/h20-22,24,28-29,31H,19,23,25-27H2,1-18H3/b22-20+,24-21+. The van der Waals surface area contributed by atoms with Gasteiger partial charge in [0.2, 0.25) is 0 Å². The minimum absolute atomic E-state index is 0.0453. The topological polar surface area (TPSA) is 82.1 Å². The van der Waals surface area contributed by atoms with Crippen LogP contribution in [0.4, 0.5) is 0 Å². The average Bonchev–Trinajstić information content (AvgIpc) is 2.89. The predicted molar refractivity (Wildman–Crippen MR) is 190 cm³/mol. The van der Waals surface area contributed by atoms with E-state index >= 15 is 0 Å². The van der Waals surface area contributed by atoms with Crippen LogP contribution in [0.3, 0.4) is 0 Å². The van der Waals surface area contributed by atoms with Crippen molar-refractivity contribution in [3.8, 4) is 0 Å². The van der Waals surface area contributed by atoms with Crippen LogP contribution in [0, 0.1) is 44.3 Å². The zero-order chi connectivity index (χ0) is 36.5. The van der Waals surface area contributed by atoms with E-state index < -0.39 is 34.2 Å². The van der Waals surface area contributed by atoms with Crippen molar-refractivity contribution in [3.05, 3.63) is 24.3 Å². The second-order valence-electron chi connectivity index (χ2n) is 17.8. The average molecular weight is 650 g/mol. The Balaban J connectivity index is 6.19. The van der Waals surface area contributed by atoms with Crippen molar-refractivity contribution in [2.24, 2.45) is 44.3 Å². The van der Waals surface area contributed by atoms with Gasteiger partial charge in [-0.05, 0) is 76.9 Å². The van der Waals surface area contributed by atoms with Crippen LogP contribution in [0.15, 0.2) is 24.3 Å². The van der Waals surface area contributed by atoms with Gasteiger partial charge in [0.05, 0.1) is 10.8 Å². The zero-order valence-electron chi connectivity index (χ0n) is 33.0. The van der Waals surface area contributed by atoms with Crippen LogP contribution in [-0.4, -0.2) is 62.8 Å². The third-order valence-corrected chi connectivity index (χ3v) is 11.1. The van der Waals surface area contributed by atoms with Crippen molar-refractivity contribution in [3.63, 3.8) is 0 Å². The minimum Gasteiger partial charge on any atom is -0.461 e. The van der Waals surface area contributed by atoms with Crippen molar-refractivity contribution in [2.75, 3.05) is 33.9 Å². The summed E-state index contributed by atoms with van der Waals surface area (Å²) < 4.78 is 17.8. The lowest BCUT2D eigenvalue weighted by atomic mass is 9.59. The Morgan fingerprint density at radius 1 is 0.739 bits per heavy atom. The second kappa shape index (κ2) is 16.8. The van der Waals surface area contributed by atoms with Gasteiger partial charge in [-0.1, -0.05) is 107 Å². The Bertz CT molecular complexity index is 1050. The van der Waals surface area contributed by atoms with Gasteiger partial charge in [0.25, 0.3) is 0 Å². The molecule has 0 saturated carbocycles. The van der Waals surface area contributed by atoms with E-state index in [-0.39, 0.29) is 47.8 Å². The first kappa shape index (κ1) is 43.9. The number of esters is 3. The van der Waals surface area contributed by atoms with Gasteiger partial charge in [-0.15, -0.1) is 0 Å². The largest absolute Gasteiger partial charge is 0.461 e. The summed E-state index contributed by atoms with van der Waals surface area (Å²) in [4.78, 5) is 42.4. The molecule has 3 atom stereocenters. The molecule has 0 rings (SSSR count). The van der Waals surface area contributed by atoms with Crippen LogP contribution < -0.4 is 0 Å². The number of carbonyl (C=O) groups is 3. The fraction of sp³-hybridized carbons (Fsp3) is 0.821. The lowest BCUT2D eigenvalue weighted by molar-refractivity contribution is -0.189. The molecule has 0 aliphatic heterocycles. The van der Waals surface area contributed by atoms with Crippen molar-refractivity contribution >= 4 is 17.9 Å². The number of hydrogen-bond donors (Lipinski definition) is 0. The maximum Gasteiger partial charge on any atom is 0.312 e. The third kappa shape index (κ3) is 12.5. The Labute approximate surface area is 283 Å². The van der Waals surface area contributed by atoms with Crippen LogP contribution in [0.1, 0.15) is 124 Å². The number of carbonyl (C=O) groups excluding carboxylic acids is 3. The van der Waals surface area contributed by atoms with E-state index in [1.807, 2.05) is 79.6 Å². The van der Waals surface area contributed by atoms with Gasteiger partial charge >= 0.3 is 17.9 Å². The molecule has 0 radical (unpaired) electrons. The molecule has 0 aliphatic carbocycles. The Kier molecular flexibility index (Phi) is 16.0. The summed E-state index contributed by atoms with van der Waals surface area (Å²) in [5.74, 6) is -1.30. The first-order valence-electron chi connectivity index (χ1n) is 17.1. The maximum absolute atomic E-state index is 13.7. The zero-order valence-corrected chi connectivity index (χ0v) is 33.0. The normalized spacial score (nSPS) is 16.1. The second-order valence-corrected chi connectivity index (χ2v) is 17.8. The van der Waals surface area contributed by atoms with Gasteiger partial charge in [0.15, 0.2) is 0 Å². The van der Waals surface area contributed by atoms with Crippen LogP contribution in [-0.2, 0) is 28.6 Å². The van der Waals surface area contributed by atoms with E-state index in [1.54, 1.807) is 0 Å². The van der Waals surface area contributed by atoms with Crippen LogP contribution in [0.25, 0.3) is 0 Å². The van der Waals surface area contributed by atoms with E-state index in [0.29, 0.717) is 12.3 Å². The molecular weight excluding hydrogens is 578 g/mol. The molecule has 3 unspecified atom stereocenters. The van der Waals surface area contributed by atoms with Crippen molar-refractivity contribution in [1.29, 1.82) is 0 Å². The summed E-state index contributed by atoms with van der Waals surface area (Å²) >= 11 is 0. The van der Waals surface area contributed by atoms with Crippen LogP contribution >= 0.6 is 0 Å². The highest BCUT2D eigenvalue weighted by Gasteiger charge is 2.56. The molecule has 0 fully saturated rings. The fourth-order valence-corrected chi connectivity index (χ4v) is 4.55. The molecular formula is C39H71NO6. The molecule has 46 heavy (non-hydrogen) atoms. The number of nitrogens with zero attached hydrogens (tertiary/aromatic N) is 1. The van der Waals surface area contributed by atoms with Gasteiger partial charge in [-0.2, -0.15) is 0 Å². The molecule has 0 aromatic rings. The Hall–Kier alpha value is -2.15. The molecule has 7 nitrogen and oxygen atoms in total. The smallest absolute Gasteiger partial charge is 0.312 e. The van der Waals surface area contributed by atoms with E-state index in [1.165, 1.54) is 0 Å². The van der Waals surface area contributed by atoms with E-state index in [4.69, 9.17) is 14.2 Å². The molecule has 268 valence electrons. The number of hydrogen-bond acceptors (Lipinski definition) is 7. The van der Waals surface area contributed by atoms with E-state index in [2.05, 4.69) is 74.5 Å². The summed E-state index contributed by atoms with van der Waals surface area (Å²) in [6, 6.07) is 0. The quantitative estimate of drug-likeness (QED) is 0.0884. The Morgan fingerprint density at radius 2 is 1.24 bits per heavy atom. The van der Waals surface area contributed by atoms with E-state index in [9.17, 15) is 14.4 Å². The first-order valence-corrected chi connectivity index (χ1v) is 17.1. The van der Waals surface area contributed by atoms with Crippen molar-refractivity contribution in [2.45, 2.75) is 130 Å². The van der Waals surface area contributed by atoms with Gasteiger partial charge in [-0.25, -0.2) is 0 Å². The molecule has 0 aromatic heterocycles. The highest BCUT2D eigenvalue weighted by Crippen LogP contribution is 2.49. The van der Waals surface area contributed by atoms with Crippen LogP contribution in [0.2, 0.25) is 0 Å². The van der Waals surface area contributed by atoms with Crippen molar-refractivity contribution in [1.82, 2.24) is 4.90 Å². The maximum atomic E-state index is 13.7. The first-order chi connectivity index (χ1) is 20.5. The molecule has 0 amide bonds. The van der Waals surface area contributed by atoms with Gasteiger partial charge in [0, 0.05) is 17.8 Å². The summed E-state index contributed by atoms with van der Waals surface area (Å²) in [5.41, 5.74) is -2.92. The highest BCUT2D eigenvalue weighted by molar-refractivity contribution is 5.78. The number of allylic oxidation sites excluding steroid dienone is 2. The van der Waals surface area contributed by atoms with Crippen LogP contribution in [0.5, 0.6) is 0 Å². The fourth-order valence-electron chi connectivity index (χ4n) is 4.55. The predicted octanol–water partition coefficient (Wildman–Crippen LogP) is 8.91. The molecule has 0 heterocycles. The molecule has 0 spiro atoms. The van der Waals surface area contributed by atoms with Gasteiger partial charge in [-0.3, -0.25) is 14.4 Å². The summed E-state index contributed by atoms with van der Waals surface area (Å²) in [7, 11) is 3.92. The molecule has 0 aliphatic rings. The summed E-state index contributed by atoms with van der Waals surface area (Å²) in [6.07, 6.45) is 8.03.